The Kier molecular flexibility index (Phi) is 3.73. The molecule has 3 heteroatoms. The fraction of sp³-hybridized carbons (Fsp3) is 0.714. The van der Waals surface area contributed by atoms with Gasteiger partial charge in [-0.25, -0.2) is 0 Å². The minimum Gasteiger partial charge on any atom is -0.293 e. The van der Waals surface area contributed by atoms with Crippen LogP contribution in [0.1, 0.15) is 65.2 Å². The van der Waals surface area contributed by atoms with Gasteiger partial charge in [-0.1, -0.05) is 31.0 Å². The Bertz CT molecular complexity index is 699. The van der Waals surface area contributed by atoms with E-state index in [4.69, 9.17) is 11.6 Å². The van der Waals surface area contributed by atoms with Crippen molar-refractivity contribution < 1.29 is 4.79 Å². The van der Waals surface area contributed by atoms with Crippen LogP contribution in [0.4, 0.5) is 0 Å². The van der Waals surface area contributed by atoms with E-state index in [1.54, 1.807) is 0 Å². The van der Waals surface area contributed by atoms with Crippen molar-refractivity contribution in [3.8, 4) is 6.07 Å². The molecule has 0 amide bonds. The van der Waals surface area contributed by atoms with Gasteiger partial charge < -0.3 is 0 Å². The lowest BCUT2D eigenvalue weighted by atomic mass is 9.47. The molecule has 5 atom stereocenters. The van der Waals surface area contributed by atoms with Crippen LogP contribution < -0.4 is 0 Å². The number of hydrogen-bond acceptors (Lipinski definition) is 2. The standard InChI is InChI=1S/C21H26ClNO/c1-20-9-7-18-14(16(20)5-3-13(20)11-22)4-6-17-15(12-23)19(24)8-10-21(17,18)2/h11,14,16,18H,3-10H2,1-2H3/b13-11+/t14-,16-,18-,20+,21-/m0/s1. The van der Waals surface area contributed by atoms with Gasteiger partial charge in [-0.15, -0.1) is 0 Å². The molecule has 0 heterocycles. The van der Waals surface area contributed by atoms with E-state index in [0.717, 1.165) is 37.5 Å². The smallest absolute Gasteiger partial charge is 0.173 e. The van der Waals surface area contributed by atoms with Gasteiger partial charge in [0.1, 0.15) is 6.07 Å². The van der Waals surface area contributed by atoms with Crippen molar-refractivity contribution in [3.63, 3.8) is 0 Å². The highest BCUT2D eigenvalue weighted by Gasteiger charge is 2.58. The van der Waals surface area contributed by atoms with Crippen molar-refractivity contribution in [3.05, 3.63) is 22.3 Å². The Morgan fingerprint density at radius 3 is 2.54 bits per heavy atom. The van der Waals surface area contributed by atoms with E-state index in [2.05, 4.69) is 19.9 Å². The van der Waals surface area contributed by atoms with Crippen LogP contribution in [0.2, 0.25) is 0 Å². The van der Waals surface area contributed by atoms with Crippen LogP contribution in [0.25, 0.3) is 0 Å². The average Bonchev–Trinajstić information content (AvgIpc) is 2.91. The molecule has 0 aromatic rings. The number of rotatable bonds is 0. The molecule has 0 aliphatic heterocycles. The molecule has 4 aliphatic rings. The molecule has 0 saturated heterocycles. The second kappa shape index (κ2) is 5.46. The van der Waals surface area contributed by atoms with Gasteiger partial charge in [0, 0.05) is 12.0 Å². The Balaban J connectivity index is 1.74. The Morgan fingerprint density at radius 1 is 1.08 bits per heavy atom. The molecule has 3 fully saturated rings. The second-order valence-corrected chi connectivity index (χ2v) is 9.07. The third-order valence-electron chi connectivity index (χ3n) is 8.22. The number of nitrogens with zero attached hydrogens (tertiary/aromatic N) is 1. The maximum absolute atomic E-state index is 12.2. The predicted octanol–water partition coefficient (Wildman–Crippen LogP) is 5.53. The normalized spacial score (nSPS) is 46.3. The van der Waals surface area contributed by atoms with E-state index in [9.17, 15) is 10.1 Å². The number of halogens is 1. The van der Waals surface area contributed by atoms with Crippen LogP contribution in [0.15, 0.2) is 22.3 Å². The van der Waals surface area contributed by atoms with Crippen molar-refractivity contribution in [1.82, 2.24) is 0 Å². The molecule has 4 aliphatic carbocycles. The molecule has 2 nitrogen and oxygen atoms in total. The fourth-order valence-corrected chi connectivity index (χ4v) is 7.23. The molecule has 128 valence electrons. The molecular weight excluding hydrogens is 318 g/mol. The number of fused-ring (bicyclic) bond motifs is 5. The van der Waals surface area contributed by atoms with Crippen molar-refractivity contribution in [2.75, 3.05) is 0 Å². The monoisotopic (exact) mass is 343 g/mol. The zero-order valence-electron chi connectivity index (χ0n) is 14.7. The highest BCUT2D eigenvalue weighted by molar-refractivity contribution is 6.25. The lowest BCUT2D eigenvalue weighted by Gasteiger charge is -2.57. The minimum absolute atomic E-state index is 0.0661. The van der Waals surface area contributed by atoms with Crippen molar-refractivity contribution in [2.45, 2.75) is 65.2 Å². The van der Waals surface area contributed by atoms with Gasteiger partial charge in [0.15, 0.2) is 5.78 Å². The number of nitriles is 1. The maximum Gasteiger partial charge on any atom is 0.173 e. The molecular formula is C21H26ClNO. The lowest BCUT2D eigenvalue weighted by Crippen LogP contribution is -2.50. The number of ketones is 1. The summed E-state index contributed by atoms with van der Waals surface area (Å²) in [6.45, 7) is 4.77. The first-order valence-electron chi connectivity index (χ1n) is 9.42. The number of carbonyl (C=O) groups is 1. The molecule has 24 heavy (non-hydrogen) atoms. The number of allylic oxidation sites excluding steroid dienone is 2. The van der Waals surface area contributed by atoms with Crippen LogP contribution in [0.5, 0.6) is 0 Å². The van der Waals surface area contributed by atoms with Gasteiger partial charge in [-0.3, -0.25) is 4.79 Å². The zero-order valence-corrected chi connectivity index (χ0v) is 15.5. The van der Waals surface area contributed by atoms with E-state index in [0.29, 0.717) is 17.9 Å². The summed E-state index contributed by atoms with van der Waals surface area (Å²) in [6, 6.07) is 2.25. The third kappa shape index (κ3) is 1.97. The van der Waals surface area contributed by atoms with Gasteiger partial charge >= 0.3 is 0 Å². The lowest BCUT2D eigenvalue weighted by molar-refractivity contribution is -0.118. The van der Waals surface area contributed by atoms with E-state index in [-0.39, 0.29) is 16.6 Å². The predicted molar refractivity (Wildman–Crippen MR) is 95.2 cm³/mol. The molecule has 0 radical (unpaired) electrons. The van der Waals surface area contributed by atoms with E-state index in [1.165, 1.54) is 30.4 Å². The fourth-order valence-electron chi connectivity index (χ4n) is 6.87. The minimum atomic E-state index is 0.0661. The second-order valence-electron chi connectivity index (χ2n) is 8.85. The van der Waals surface area contributed by atoms with Gasteiger partial charge in [0.25, 0.3) is 0 Å². The average molecular weight is 344 g/mol. The largest absolute Gasteiger partial charge is 0.293 e. The highest BCUT2D eigenvalue weighted by atomic mass is 35.5. The summed E-state index contributed by atoms with van der Waals surface area (Å²) in [7, 11) is 0. The van der Waals surface area contributed by atoms with Crippen LogP contribution in [0, 0.1) is 39.9 Å². The SMILES string of the molecule is C[C@]12CCC(=O)C(C#N)=C1CC[C@@H]1[C@@H]2CC[C@]2(C)/C(=C/Cl)CC[C@@H]12. The van der Waals surface area contributed by atoms with Crippen LogP contribution >= 0.6 is 11.6 Å². The van der Waals surface area contributed by atoms with E-state index in [1.807, 2.05) is 5.54 Å². The maximum atomic E-state index is 12.2. The molecule has 0 N–H and O–H groups in total. The summed E-state index contributed by atoms with van der Waals surface area (Å²) in [4.78, 5) is 12.2. The third-order valence-corrected chi connectivity index (χ3v) is 8.48. The molecule has 0 unspecified atom stereocenters. The van der Waals surface area contributed by atoms with Crippen LogP contribution in [-0.4, -0.2) is 5.78 Å². The molecule has 0 aromatic carbocycles. The van der Waals surface area contributed by atoms with Gasteiger partial charge in [-0.05, 0) is 79.1 Å². The zero-order chi connectivity index (χ0) is 17.1. The van der Waals surface area contributed by atoms with Gasteiger partial charge in [-0.2, -0.15) is 5.26 Å². The number of Topliss-reactive ketones (excluding diaryl/α,β-unsaturated/α-hetero) is 1. The summed E-state index contributed by atoms with van der Waals surface area (Å²) in [5.74, 6) is 2.16. The van der Waals surface area contributed by atoms with E-state index < -0.39 is 0 Å². The highest BCUT2D eigenvalue weighted by Crippen LogP contribution is 2.66. The topological polar surface area (TPSA) is 40.9 Å². The van der Waals surface area contributed by atoms with Crippen molar-refractivity contribution in [1.29, 1.82) is 5.26 Å². The Hall–Kier alpha value is -1.07. The first-order chi connectivity index (χ1) is 11.5. The van der Waals surface area contributed by atoms with Crippen LogP contribution in [0.3, 0.4) is 0 Å². The van der Waals surface area contributed by atoms with E-state index >= 15 is 0 Å². The summed E-state index contributed by atoms with van der Waals surface area (Å²) in [6.07, 6.45) is 8.40. The van der Waals surface area contributed by atoms with Crippen molar-refractivity contribution >= 4 is 17.4 Å². The summed E-state index contributed by atoms with van der Waals surface area (Å²) >= 11 is 6.14. The summed E-state index contributed by atoms with van der Waals surface area (Å²) < 4.78 is 0. The quantitative estimate of drug-likeness (QED) is 0.579. The number of carbonyl (C=O) groups excluding carboxylic acids is 1. The first kappa shape index (κ1) is 16.4. The first-order valence-corrected chi connectivity index (χ1v) is 9.86. The summed E-state index contributed by atoms with van der Waals surface area (Å²) in [5, 5.41) is 9.52. The van der Waals surface area contributed by atoms with Crippen LogP contribution in [-0.2, 0) is 4.79 Å². The molecule has 0 spiro atoms. The molecule has 0 bridgehead atoms. The summed E-state index contributed by atoms with van der Waals surface area (Å²) in [5.41, 5.74) is 5.35. The Labute approximate surface area is 149 Å². The molecule has 4 rings (SSSR count). The van der Waals surface area contributed by atoms with Crippen molar-refractivity contribution in [2.24, 2.45) is 28.6 Å². The Morgan fingerprint density at radius 2 is 1.83 bits per heavy atom. The number of hydrogen-bond donors (Lipinski definition) is 0. The molecule has 0 aromatic heterocycles. The molecule has 3 saturated carbocycles. The van der Waals surface area contributed by atoms with Gasteiger partial charge in [0.05, 0.1) is 5.57 Å². The van der Waals surface area contributed by atoms with Gasteiger partial charge in [0.2, 0.25) is 0 Å².